The number of nitrogens with zero attached hydrogens (tertiary/aromatic N) is 2. The molecule has 0 saturated carbocycles. The Bertz CT molecular complexity index is 344. The first-order chi connectivity index (χ1) is 8.20. The van der Waals surface area contributed by atoms with Gasteiger partial charge in [-0.2, -0.15) is 0 Å². The number of hydrogen-bond donors (Lipinski definition) is 1. The van der Waals surface area contributed by atoms with E-state index in [0.29, 0.717) is 6.04 Å². The number of likely N-dealkylation sites (tertiary alicyclic amines) is 1. The van der Waals surface area contributed by atoms with Crippen molar-refractivity contribution < 1.29 is 4.74 Å². The molecule has 1 saturated heterocycles. The highest BCUT2D eigenvalue weighted by molar-refractivity contribution is 5.48. The lowest BCUT2D eigenvalue weighted by atomic mass is 10.0. The largest absolute Gasteiger partial charge is 0.497 e. The molecule has 17 heavy (non-hydrogen) atoms. The first-order valence-corrected chi connectivity index (χ1v) is 6.07. The zero-order chi connectivity index (χ0) is 12.3. The van der Waals surface area contributed by atoms with E-state index in [-0.39, 0.29) is 0 Å². The molecule has 94 valence electrons. The molecule has 1 heterocycles. The van der Waals surface area contributed by atoms with Gasteiger partial charge in [0.2, 0.25) is 0 Å². The van der Waals surface area contributed by atoms with Gasteiger partial charge in [0, 0.05) is 6.04 Å². The number of methoxy groups -OCH3 is 1. The van der Waals surface area contributed by atoms with Crippen molar-refractivity contribution in [2.75, 3.05) is 32.3 Å². The Morgan fingerprint density at radius 3 is 2.35 bits per heavy atom. The fraction of sp³-hybridized carbons (Fsp3) is 0.538. The molecule has 2 N–H and O–H groups in total. The number of benzene rings is 1. The molecule has 0 spiro atoms. The summed E-state index contributed by atoms with van der Waals surface area (Å²) in [6.07, 6.45) is 2.25. The normalized spacial score (nSPS) is 18.1. The number of hydrazine groups is 1. The van der Waals surface area contributed by atoms with Crippen molar-refractivity contribution >= 4 is 5.69 Å². The Morgan fingerprint density at radius 2 is 1.82 bits per heavy atom. The van der Waals surface area contributed by atoms with Gasteiger partial charge in [0.05, 0.1) is 12.8 Å². The summed E-state index contributed by atoms with van der Waals surface area (Å²) in [5.74, 6) is 7.05. The van der Waals surface area contributed by atoms with E-state index in [2.05, 4.69) is 11.9 Å². The lowest BCUT2D eigenvalue weighted by molar-refractivity contribution is 0.250. The van der Waals surface area contributed by atoms with Crippen LogP contribution in [0.3, 0.4) is 0 Å². The second kappa shape index (κ2) is 5.38. The predicted molar refractivity (Wildman–Crippen MR) is 70.2 cm³/mol. The SMILES string of the molecule is COc1ccc(N(N)C2CCN(C)CC2)cc1. The van der Waals surface area contributed by atoms with Crippen LogP contribution in [0.25, 0.3) is 0 Å². The van der Waals surface area contributed by atoms with Crippen LogP contribution in [0.2, 0.25) is 0 Å². The number of nitrogens with two attached hydrogens (primary N) is 1. The second-order valence-corrected chi connectivity index (χ2v) is 4.64. The first-order valence-electron chi connectivity index (χ1n) is 6.07. The minimum atomic E-state index is 0.444. The van der Waals surface area contributed by atoms with Gasteiger partial charge in [-0.3, -0.25) is 0 Å². The van der Waals surface area contributed by atoms with Crippen molar-refractivity contribution in [1.82, 2.24) is 4.90 Å². The molecule has 0 bridgehead atoms. The second-order valence-electron chi connectivity index (χ2n) is 4.64. The molecule has 1 aliphatic rings. The van der Waals surface area contributed by atoms with Gasteiger partial charge in [-0.05, 0) is 57.2 Å². The summed E-state index contributed by atoms with van der Waals surface area (Å²) in [4.78, 5) is 2.35. The van der Waals surface area contributed by atoms with Crippen LogP contribution in [0, 0.1) is 0 Å². The smallest absolute Gasteiger partial charge is 0.119 e. The fourth-order valence-electron chi connectivity index (χ4n) is 2.24. The van der Waals surface area contributed by atoms with Crippen molar-refractivity contribution in [2.24, 2.45) is 5.84 Å². The van der Waals surface area contributed by atoms with Crippen LogP contribution in [-0.2, 0) is 0 Å². The molecular weight excluding hydrogens is 214 g/mol. The maximum absolute atomic E-state index is 6.18. The Morgan fingerprint density at radius 1 is 1.24 bits per heavy atom. The lowest BCUT2D eigenvalue weighted by Gasteiger charge is -2.35. The van der Waals surface area contributed by atoms with Crippen LogP contribution in [-0.4, -0.2) is 38.2 Å². The Balaban J connectivity index is 2.00. The number of hydrogen-bond acceptors (Lipinski definition) is 4. The summed E-state index contributed by atoms with van der Waals surface area (Å²) in [7, 11) is 3.83. The van der Waals surface area contributed by atoms with Gasteiger partial charge in [-0.1, -0.05) is 0 Å². The fourth-order valence-corrected chi connectivity index (χ4v) is 2.24. The standard InChI is InChI=1S/C13H21N3O/c1-15-9-7-12(8-10-15)16(14)11-3-5-13(17-2)6-4-11/h3-6,12H,7-10,14H2,1-2H3. The lowest BCUT2D eigenvalue weighted by Crippen LogP contribution is -2.47. The Kier molecular flexibility index (Phi) is 3.86. The third kappa shape index (κ3) is 2.90. The van der Waals surface area contributed by atoms with Gasteiger partial charge in [0.15, 0.2) is 0 Å². The van der Waals surface area contributed by atoms with Crippen molar-refractivity contribution in [2.45, 2.75) is 18.9 Å². The van der Waals surface area contributed by atoms with Crippen molar-refractivity contribution in [3.05, 3.63) is 24.3 Å². The maximum Gasteiger partial charge on any atom is 0.119 e. The minimum Gasteiger partial charge on any atom is -0.497 e. The Hall–Kier alpha value is -1.26. The third-order valence-electron chi connectivity index (χ3n) is 3.45. The number of piperidine rings is 1. The molecule has 0 aliphatic carbocycles. The van der Waals surface area contributed by atoms with E-state index in [9.17, 15) is 0 Å². The first kappa shape index (κ1) is 12.2. The molecule has 2 rings (SSSR count). The summed E-state index contributed by atoms with van der Waals surface area (Å²) in [6, 6.07) is 8.36. The summed E-state index contributed by atoms with van der Waals surface area (Å²) in [6.45, 7) is 2.24. The topological polar surface area (TPSA) is 41.7 Å². The molecule has 0 unspecified atom stereocenters. The molecule has 0 atom stereocenters. The van der Waals surface area contributed by atoms with E-state index < -0.39 is 0 Å². The maximum atomic E-state index is 6.18. The number of anilines is 1. The zero-order valence-corrected chi connectivity index (χ0v) is 10.6. The molecule has 1 fully saturated rings. The zero-order valence-electron chi connectivity index (χ0n) is 10.6. The van der Waals surface area contributed by atoms with Gasteiger partial charge in [0.25, 0.3) is 0 Å². The molecule has 0 amide bonds. The molecule has 1 aromatic rings. The predicted octanol–water partition coefficient (Wildman–Crippen LogP) is 1.47. The van der Waals surface area contributed by atoms with Gasteiger partial charge in [-0.25, -0.2) is 5.84 Å². The minimum absolute atomic E-state index is 0.444. The Labute approximate surface area is 103 Å². The summed E-state index contributed by atoms with van der Waals surface area (Å²) in [5.41, 5.74) is 1.06. The molecular formula is C13H21N3O. The van der Waals surface area contributed by atoms with E-state index in [4.69, 9.17) is 10.6 Å². The molecule has 4 heteroatoms. The summed E-state index contributed by atoms with van der Waals surface area (Å²) in [5, 5.41) is 1.90. The average Bonchev–Trinajstić information content (AvgIpc) is 2.39. The van der Waals surface area contributed by atoms with Crippen LogP contribution in [0.4, 0.5) is 5.69 Å². The van der Waals surface area contributed by atoms with E-state index in [0.717, 1.165) is 37.4 Å². The van der Waals surface area contributed by atoms with Gasteiger partial charge < -0.3 is 14.6 Å². The van der Waals surface area contributed by atoms with E-state index in [1.165, 1.54) is 0 Å². The summed E-state index contributed by atoms with van der Waals surface area (Å²) >= 11 is 0. The van der Waals surface area contributed by atoms with Crippen molar-refractivity contribution in [3.8, 4) is 5.75 Å². The van der Waals surface area contributed by atoms with Crippen LogP contribution in [0.1, 0.15) is 12.8 Å². The highest BCUT2D eigenvalue weighted by Crippen LogP contribution is 2.22. The molecule has 0 radical (unpaired) electrons. The van der Waals surface area contributed by atoms with Crippen LogP contribution >= 0.6 is 0 Å². The number of ether oxygens (including phenoxy) is 1. The molecule has 1 aromatic carbocycles. The molecule has 1 aliphatic heterocycles. The van der Waals surface area contributed by atoms with E-state index >= 15 is 0 Å². The van der Waals surface area contributed by atoms with E-state index in [1.807, 2.05) is 29.3 Å². The van der Waals surface area contributed by atoms with Crippen molar-refractivity contribution in [1.29, 1.82) is 0 Å². The van der Waals surface area contributed by atoms with Crippen molar-refractivity contribution in [3.63, 3.8) is 0 Å². The number of rotatable bonds is 3. The summed E-state index contributed by atoms with van der Waals surface area (Å²) < 4.78 is 5.14. The molecule has 4 nitrogen and oxygen atoms in total. The van der Waals surface area contributed by atoms with Crippen LogP contribution in [0.15, 0.2) is 24.3 Å². The third-order valence-corrected chi connectivity index (χ3v) is 3.45. The highest BCUT2D eigenvalue weighted by atomic mass is 16.5. The average molecular weight is 235 g/mol. The van der Waals surface area contributed by atoms with Gasteiger partial charge in [0.1, 0.15) is 5.75 Å². The van der Waals surface area contributed by atoms with Crippen LogP contribution < -0.4 is 15.6 Å². The van der Waals surface area contributed by atoms with Gasteiger partial charge >= 0.3 is 0 Å². The monoisotopic (exact) mass is 235 g/mol. The van der Waals surface area contributed by atoms with Gasteiger partial charge in [-0.15, -0.1) is 0 Å². The quantitative estimate of drug-likeness (QED) is 0.636. The molecule has 0 aromatic heterocycles. The highest BCUT2D eigenvalue weighted by Gasteiger charge is 2.21. The van der Waals surface area contributed by atoms with Crippen LogP contribution in [0.5, 0.6) is 5.75 Å². The van der Waals surface area contributed by atoms with E-state index in [1.54, 1.807) is 7.11 Å².